The smallest absolute Gasteiger partial charge is 0.212 e. The van der Waals surface area contributed by atoms with Gasteiger partial charge in [-0.15, -0.1) is 0 Å². The second kappa shape index (κ2) is 4.84. The average molecular weight is 245 g/mol. The van der Waals surface area contributed by atoms with E-state index in [1.807, 2.05) is 31.2 Å². The van der Waals surface area contributed by atoms with Gasteiger partial charge in [0.1, 0.15) is 12.4 Å². The summed E-state index contributed by atoms with van der Waals surface area (Å²) in [6, 6.07) is 7.93. The van der Waals surface area contributed by atoms with Gasteiger partial charge in [0.25, 0.3) is 0 Å². The standard InChI is InChI=1S/C15H19NO2/c1-11(14-16-15(2,3)10-18-14)8-12-6-5-7-13(9-12)17-4/h5-9H,10H2,1-4H3. The van der Waals surface area contributed by atoms with E-state index in [0.29, 0.717) is 6.61 Å². The second-order valence-electron chi connectivity index (χ2n) is 5.12. The first-order valence-corrected chi connectivity index (χ1v) is 6.05. The highest BCUT2D eigenvalue weighted by molar-refractivity contribution is 5.98. The maximum Gasteiger partial charge on any atom is 0.212 e. The minimum Gasteiger partial charge on any atom is -0.497 e. The van der Waals surface area contributed by atoms with Crippen molar-refractivity contribution in [1.29, 1.82) is 0 Å². The maximum atomic E-state index is 5.61. The molecule has 1 heterocycles. The molecule has 1 aliphatic heterocycles. The summed E-state index contributed by atoms with van der Waals surface area (Å²) in [6.07, 6.45) is 2.06. The number of ether oxygens (including phenoxy) is 2. The Morgan fingerprint density at radius 3 is 2.83 bits per heavy atom. The average Bonchev–Trinajstić information content (AvgIpc) is 2.70. The monoisotopic (exact) mass is 245 g/mol. The Labute approximate surface area is 108 Å². The molecule has 0 bridgehead atoms. The number of nitrogens with zero attached hydrogens (tertiary/aromatic N) is 1. The van der Waals surface area contributed by atoms with Crippen LogP contribution in [-0.4, -0.2) is 25.2 Å². The van der Waals surface area contributed by atoms with Crippen molar-refractivity contribution in [2.75, 3.05) is 13.7 Å². The van der Waals surface area contributed by atoms with Crippen LogP contribution in [0.15, 0.2) is 34.8 Å². The molecule has 0 radical (unpaired) electrons. The molecule has 3 heteroatoms. The summed E-state index contributed by atoms with van der Waals surface area (Å²) in [5.41, 5.74) is 2.01. The highest BCUT2D eigenvalue weighted by atomic mass is 16.5. The number of rotatable bonds is 3. The highest BCUT2D eigenvalue weighted by Crippen LogP contribution is 2.22. The van der Waals surface area contributed by atoms with Gasteiger partial charge in [-0.05, 0) is 44.5 Å². The minimum atomic E-state index is -0.112. The van der Waals surface area contributed by atoms with Crippen molar-refractivity contribution in [3.8, 4) is 5.75 Å². The van der Waals surface area contributed by atoms with Crippen LogP contribution in [0.5, 0.6) is 5.75 Å². The van der Waals surface area contributed by atoms with Crippen LogP contribution in [0.4, 0.5) is 0 Å². The van der Waals surface area contributed by atoms with E-state index in [1.165, 1.54) is 0 Å². The number of aliphatic imine (C=N–C) groups is 1. The zero-order chi connectivity index (χ0) is 13.2. The van der Waals surface area contributed by atoms with Gasteiger partial charge in [0.15, 0.2) is 0 Å². The molecule has 0 saturated heterocycles. The summed E-state index contributed by atoms with van der Waals surface area (Å²) in [4.78, 5) is 4.55. The number of hydrogen-bond donors (Lipinski definition) is 0. The molecule has 0 aromatic heterocycles. The Kier molecular flexibility index (Phi) is 3.41. The van der Waals surface area contributed by atoms with Crippen LogP contribution in [0.3, 0.4) is 0 Å². The Hall–Kier alpha value is -1.77. The predicted molar refractivity (Wildman–Crippen MR) is 74.1 cm³/mol. The molecule has 0 saturated carbocycles. The molecule has 96 valence electrons. The lowest BCUT2D eigenvalue weighted by atomic mass is 10.1. The predicted octanol–water partition coefficient (Wildman–Crippen LogP) is 3.31. The van der Waals surface area contributed by atoms with Gasteiger partial charge in [-0.25, -0.2) is 4.99 Å². The Balaban J connectivity index is 2.23. The van der Waals surface area contributed by atoms with Crippen LogP contribution in [-0.2, 0) is 4.74 Å². The van der Waals surface area contributed by atoms with Crippen LogP contribution in [0.25, 0.3) is 6.08 Å². The lowest BCUT2D eigenvalue weighted by Gasteiger charge is -2.07. The second-order valence-corrected chi connectivity index (χ2v) is 5.12. The Bertz CT molecular complexity index is 501. The van der Waals surface area contributed by atoms with Crippen molar-refractivity contribution in [3.63, 3.8) is 0 Å². The van der Waals surface area contributed by atoms with E-state index >= 15 is 0 Å². The van der Waals surface area contributed by atoms with E-state index in [0.717, 1.165) is 22.8 Å². The third-order valence-electron chi connectivity index (χ3n) is 2.78. The van der Waals surface area contributed by atoms with Crippen LogP contribution < -0.4 is 4.74 Å². The van der Waals surface area contributed by atoms with Gasteiger partial charge in [-0.3, -0.25) is 0 Å². The topological polar surface area (TPSA) is 30.8 Å². The molecule has 0 spiro atoms. The normalized spacial score (nSPS) is 18.2. The molecule has 1 aromatic rings. The quantitative estimate of drug-likeness (QED) is 0.818. The molecule has 0 unspecified atom stereocenters. The van der Waals surface area contributed by atoms with Crippen LogP contribution >= 0.6 is 0 Å². The van der Waals surface area contributed by atoms with Gasteiger partial charge in [0, 0.05) is 5.57 Å². The van der Waals surface area contributed by atoms with Crippen molar-refractivity contribution >= 4 is 12.0 Å². The molecular weight excluding hydrogens is 226 g/mol. The molecular formula is C15H19NO2. The minimum absolute atomic E-state index is 0.112. The zero-order valence-electron chi connectivity index (χ0n) is 11.4. The third kappa shape index (κ3) is 2.92. The van der Waals surface area contributed by atoms with Crippen molar-refractivity contribution in [3.05, 3.63) is 35.4 Å². The van der Waals surface area contributed by atoms with E-state index in [4.69, 9.17) is 9.47 Å². The van der Waals surface area contributed by atoms with Gasteiger partial charge >= 0.3 is 0 Å². The fourth-order valence-corrected chi connectivity index (χ4v) is 1.83. The van der Waals surface area contributed by atoms with Gasteiger partial charge in [0.05, 0.1) is 12.6 Å². The summed E-state index contributed by atoms with van der Waals surface area (Å²) >= 11 is 0. The van der Waals surface area contributed by atoms with E-state index in [-0.39, 0.29) is 5.54 Å². The molecule has 0 fully saturated rings. The fourth-order valence-electron chi connectivity index (χ4n) is 1.83. The van der Waals surface area contributed by atoms with Crippen molar-refractivity contribution in [2.24, 2.45) is 4.99 Å². The first-order valence-electron chi connectivity index (χ1n) is 6.05. The molecule has 18 heavy (non-hydrogen) atoms. The first-order chi connectivity index (χ1) is 8.50. The number of hydrogen-bond acceptors (Lipinski definition) is 3. The fraction of sp³-hybridized carbons (Fsp3) is 0.400. The van der Waals surface area contributed by atoms with Crippen molar-refractivity contribution < 1.29 is 9.47 Å². The van der Waals surface area contributed by atoms with Crippen LogP contribution in [0.1, 0.15) is 26.3 Å². The van der Waals surface area contributed by atoms with E-state index in [2.05, 4.69) is 24.9 Å². The third-order valence-corrected chi connectivity index (χ3v) is 2.78. The Morgan fingerprint density at radius 1 is 1.44 bits per heavy atom. The van der Waals surface area contributed by atoms with Crippen molar-refractivity contribution in [1.82, 2.24) is 0 Å². The first kappa shape index (κ1) is 12.7. The number of benzene rings is 1. The number of methoxy groups -OCH3 is 1. The summed E-state index contributed by atoms with van der Waals surface area (Å²) in [7, 11) is 1.67. The van der Waals surface area contributed by atoms with E-state index in [9.17, 15) is 0 Å². The summed E-state index contributed by atoms with van der Waals surface area (Å²) < 4.78 is 10.8. The van der Waals surface area contributed by atoms with Crippen molar-refractivity contribution in [2.45, 2.75) is 26.3 Å². The molecule has 0 N–H and O–H groups in total. The Morgan fingerprint density at radius 2 is 2.22 bits per heavy atom. The van der Waals surface area contributed by atoms with Crippen LogP contribution in [0.2, 0.25) is 0 Å². The maximum absolute atomic E-state index is 5.61. The molecule has 3 nitrogen and oxygen atoms in total. The lowest BCUT2D eigenvalue weighted by molar-refractivity contribution is 0.279. The van der Waals surface area contributed by atoms with Gasteiger partial charge in [0.2, 0.25) is 5.90 Å². The molecule has 1 aliphatic rings. The molecule has 0 atom stereocenters. The molecule has 1 aromatic carbocycles. The SMILES string of the molecule is COc1cccc(C=C(C)C2=NC(C)(C)CO2)c1. The van der Waals surface area contributed by atoms with E-state index in [1.54, 1.807) is 7.11 Å². The molecule has 0 aliphatic carbocycles. The molecule has 2 rings (SSSR count). The van der Waals surface area contributed by atoms with Crippen LogP contribution in [0, 0.1) is 0 Å². The molecule has 0 amide bonds. The van der Waals surface area contributed by atoms with Gasteiger partial charge in [-0.1, -0.05) is 12.1 Å². The zero-order valence-corrected chi connectivity index (χ0v) is 11.4. The summed E-state index contributed by atoms with van der Waals surface area (Å²) in [6.45, 7) is 6.79. The largest absolute Gasteiger partial charge is 0.497 e. The lowest BCUT2D eigenvalue weighted by Crippen LogP contribution is -2.17. The van der Waals surface area contributed by atoms with Gasteiger partial charge < -0.3 is 9.47 Å². The summed E-state index contributed by atoms with van der Waals surface area (Å²) in [5.74, 6) is 1.59. The summed E-state index contributed by atoms with van der Waals surface area (Å²) in [5, 5.41) is 0. The van der Waals surface area contributed by atoms with E-state index < -0.39 is 0 Å². The highest BCUT2D eigenvalue weighted by Gasteiger charge is 2.26. The van der Waals surface area contributed by atoms with Gasteiger partial charge in [-0.2, -0.15) is 0 Å².